The maximum atomic E-state index is 9.24. The zero-order valence-corrected chi connectivity index (χ0v) is 8.20. The van der Waals surface area contributed by atoms with Gasteiger partial charge in [-0.25, -0.2) is 4.98 Å². The number of hydrogen-bond donors (Lipinski definition) is 2. The first-order valence-electron chi connectivity index (χ1n) is 4.27. The molecule has 0 saturated carbocycles. The molecule has 0 aliphatic rings. The molecule has 3 N–H and O–H groups in total. The van der Waals surface area contributed by atoms with Crippen LogP contribution in [0.5, 0.6) is 5.75 Å². The number of phenolic OH excluding ortho intramolecular Hbond substituents is 1. The molecule has 5 heteroatoms. The second kappa shape index (κ2) is 3.48. The predicted octanol–water partition coefficient (Wildman–Crippen LogP) is 1.35. The van der Waals surface area contributed by atoms with Crippen LogP contribution in [-0.2, 0) is 6.54 Å². The quantitative estimate of drug-likeness (QED) is 0.788. The molecule has 0 saturated heterocycles. The van der Waals surface area contributed by atoms with Crippen molar-refractivity contribution in [3.63, 3.8) is 0 Å². The maximum Gasteiger partial charge on any atom is 0.203 e. The van der Waals surface area contributed by atoms with Gasteiger partial charge in [-0.2, -0.15) is 0 Å². The molecule has 0 aliphatic carbocycles. The molecule has 0 aliphatic heterocycles. The first-order chi connectivity index (χ1) is 6.72. The van der Waals surface area contributed by atoms with Crippen LogP contribution in [0.4, 0.5) is 0 Å². The average molecular weight is 212 g/mol. The molecule has 2 rings (SSSR count). The number of aromatic nitrogens is 2. The van der Waals surface area contributed by atoms with Crippen LogP contribution in [0.25, 0.3) is 11.0 Å². The van der Waals surface area contributed by atoms with E-state index in [1.165, 1.54) is 0 Å². The van der Waals surface area contributed by atoms with E-state index in [4.69, 9.17) is 17.3 Å². The van der Waals surface area contributed by atoms with Crippen LogP contribution in [0.1, 0.15) is 0 Å². The lowest BCUT2D eigenvalue weighted by Gasteiger charge is -2.02. The number of nitrogens with two attached hydrogens (primary N) is 1. The van der Waals surface area contributed by atoms with Gasteiger partial charge in [0, 0.05) is 19.2 Å². The van der Waals surface area contributed by atoms with Gasteiger partial charge >= 0.3 is 0 Å². The Labute approximate surface area is 85.9 Å². The molecule has 4 nitrogen and oxygen atoms in total. The number of rotatable bonds is 2. The molecule has 0 fully saturated rings. The van der Waals surface area contributed by atoms with Crippen LogP contribution in [-0.4, -0.2) is 21.2 Å². The van der Waals surface area contributed by atoms with Crippen molar-refractivity contribution in [1.82, 2.24) is 9.55 Å². The summed E-state index contributed by atoms with van der Waals surface area (Å²) >= 11 is 5.91. The van der Waals surface area contributed by atoms with Crippen LogP contribution in [0.15, 0.2) is 18.2 Å². The molecule has 0 unspecified atom stereocenters. The number of fused-ring (bicyclic) bond motifs is 1. The van der Waals surface area contributed by atoms with Gasteiger partial charge < -0.3 is 15.4 Å². The molecule has 1 heterocycles. The Balaban J connectivity index is 2.64. The summed E-state index contributed by atoms with van der Waals surface area (Å²) in [6.45, 7) is 1.13. The van der Waals surface area contributed by atoms with Gasteiger partial charge in [-0.1, -0.05) is 0 Å². The van der Waals surface area contributed by atoms with Gasteiger partial charge in [0.25, 0.3) is 0 Å². The van der Waals surface area contributed by atoms with E-state index < -0.39 is 0 Å². The van der Waals surface area contributed by atoms with Gasteiger partial charge in [0.2, 0.25) is 5.28 Å². The highest BCUT2D eigenvalue weighted by molar-refractivity contribution is 6.29. The van der Waals surface area contributed by atoms with Gasteiger partial charge in [-0.3, -0.25) is 0 Å². The molecule has 0 spiro atoms. The van der Waals surface area contributed by atoms with E-state index in [9.17, 15) is 5.11 Å². The van der Waals surface area contributed by atoms with Crippen molar-refractivity contribution >= 4 is 22.6 Å². The molecule has 2 aromatic rings. The lowest BCUT2D eigenvalue weighted by molar-refractivity contribution is 0.476. The number of phenols is 1. The summed E-state index contributed by atoms with van der Waals surface area (Å²) in [5.74, 6) is 0.187. The van der Waals surface area contributed by atoms with E-state index in [1.807, 2.05) is 4.57 Å². The fourth-order valence-corrected chi connectivity index (χ4v) is 1.70. The van der Waals surface area contributed by atoms with E-state index in [2.05, 4.69) is 4.98 Å². The smallest absolute Gasteiger partial charge is 0.203 e. The topological polar surface area (TPSA) is 64.1 Å². The molecule has 74 valence electrons. The van der Waals surface area contributed by atoms with E-state index in [0.29, 0.717) is 23.9 Å². The zero-order chi connectivity index (χ0) is 10.1. The number of benzene rings is 1. The molecule has 0 amide bonds. The van der Waals surface area contributed by atoms with Gasteiger partial charge in [0.15, 0.2) is 0 Å². The monoisotopic (exact) mass is 211 g/mol. The van der Waals surface area contributed by atoms with Crippen molar-refractivity contribution in [2.24, 2.45) is 5.73 Å². The van der Waals surface area contributed by atoms with Gasteiger partial charge in [-0.05, 0) is 23.7 Å². The standard InChI is InChI=1S/C9H10ClN3O/c10-9-12-7-5-6(14)1-2-8(7)13(9)4-3-11/h1-2,5,14H,3-4,11H2. The Bertz CT molecular complexity index is 466. The Kier molecular flexibility index (Phi) is 2.31. The van der Waals surface area contributed by atoms with E-state index in [1.54, 1.807) is 18.2 Å². The van der Waals surface area contributed by atoms with Gasteiger partial charge in [0.05, 0.1) is 11.0 Å². The highest BCUT2D eigenvalue weighted by Gasteiger charge is 2.07. The number of nitrogens with zero attached hydrogens (tertiary/aromatic N) is 2. The summed E-state index contributed by atoms with van der Waals surface area (Å²) in [6.07, 6.45) is 0. The first kappa shape index (κ1) is 9.30. The zero-order valence-electron chi connectivity index (χ0n) is 7.44. The van der Waals surface area contributed by atoms with Crippen LogP contribution < -0.4 is 5.73 Å². The molecule has 0 bridgehead atoms. The van der Waals surface area contributed by atoms with Crippen LogP contribution >= 0.6 is 11.6 Å². The normalized spacial score (nSPS) is 11.0. The minimum atomic E-state index is 0.187. The fourth-order valence-electron chi connectivity index (χ4n) is 1.43. The minimum absolute atomic E-state index is 0.187. The molecule has 0 atom stereocenters. The summed E-state index contributed by atoms with van der Waals surface area (Å²) < 4.78 is 1.82. The predicted molar refractivity (Wildman–Crippen MR) is 55.5 cm³/mol. The van der Waals surface area contributed by atoms with Crippen molar-refractivity contribution in [3.8, 4) is 5.75 Å². The SMILES string of the molecule is NCCn1c(Cl)nc2cc(O)ccc21. The van der Waals surface area contributed by atoms with Gasteiger partial charge in [0.1, 0.15) is 5.75 Å². The number of imidazole rings is 1. The number of halogens is 1. The molecular weight excluding hydrogens is 202 g/mol. The number of hydrogen-bond acceptors (Lipinski definition) is 3. The molecule has 0 radical (unpaired) electrons. The van der Waals surface area contributed by atoms with Crippen molar-refractivity contribution in [2.45, 2.75) is 6.54 Å². The van der Waals surface area contributed by atoms with Crippen LogP contribution in [0, 0.1) is 0 Å². The van der Waals surface area contributed by atoms with Crippen molar-refractivity contribution in [2.75, 3.05) is 6.54 Å². The fraction of sp³-hybridized carbons (Fsp3) is 0.222. The average Bonchev–Trinajstić information content (AvgIpc) is 2.43. The van der Waals surface area contributed by atoms with Crippen molar-refractivity contribution in [3.05, 3.63) is 23.5 Å². The summed E-state index contributed by atoms with van der Waals surface area (Å²) in [4.78, 5) is 4.11. The Morgan fingerprint density at radius 2 is 2.29 bits per heavy atom. The Morgan fingerprint density at radius 1 is 1.50 bits per heavy atom. The van der Waals surface area contributed by atoms with E-state index in [0.717, 1.165) is 5.52 Å². The van der Waals surface area contributed by atoms with Crippen LogP contribution in [0.3, 0.4) is 0 Å². The van der Waals surface area contributed by atoms with Gasteiger partial charge in [-0.15, -0.1) is 0 Å². The summed E-state index contributed by atoms with van der Waals surface area (Å²) in [5.41, 5.74) is 7.02. The molecular formula is C9H10ClN3O. The molecule has 14 heavy (non-hydrogen) atoms. The summed E-state index contributed by atoms with van der Waals surface area (Å²) in [6, 6.07) is 4.96. The Hall–Kier alpha value is -1.26. The molecule has 1 aromatic carbocycles. The summed E-state index contributed by atoms with van der Waals surface area (Å²) in [7, 11) is 0. The maximum absolute atomic E-state index is 9.24. The summed E-state index contributed by atoms with van der Waals surface area (Å²) in [5, 5.41) is 9.64. The van der Waals surface area contributed by atoms with Crippen LogP contribution in [0.2, 0.25) is 5.28 Å². The third-order valence-electron chi connectivity index (χ3n) is 2.04. The lowest BCUT2D eigenvalue weighted by Crippen LogP contribution is -2.09. The number of aromatic hydroxyl groups is 1. The second-order valence-electron chi connectivity index (χ2n) is 2.99. The van der Waals surface area contributed by atoms with E-state index >= 15 is 0 Å². The second-order valence-corrected chi connectivity index (χ2v) is 3.33. The highest BCUT2D eigenvalue weighted by atomic mass is 35.5. The Morgan fingerprint density at radius 3 is 3.00 bits per heavy atom. The minimum Gasteiger partial charge on any atom is -0.508 e. The third kappa shape index (κ3) is 1.42. The largest absolute Gasteiger partial charge is 0.508 e. The van der Waals surface area contributed by atoms with Crippen molar-refractivity contribution < 1.29 is 5.11 Å². The molecule has 1 aromatic heterocycles. The van der Waals surface area contributed by atoms with Crippen molar-refractivity contribution in [1.29, 1.82) is 0 Å². The third-order valence-corrected chi connectivity index (χ3v) is 2.33. The first-order valence-corrected chi connectivity index (χ1v) is 4.65. The van der Waals surface area contributed by atoms with E-state index in [-0.39, 0.29) is 5.75 Å². The highest BCUT2D eigenvalue weighted by Crippen LogP contribution is 2.22. The lowest BCUT2D eigenvalue weighted by atomic mass is 10.3.